The van der Waals surface area contributed by atoms with Crippen LogP contribution in [-0.4, -0.2) is 38.4 Å². The van der Waals surface area contributed by atoms with Crippen molar-refractivity contribution in [3.8, 4) is 0 Å². The Hall–Kier alpha value is -1.53. The lowest BCUT2D eigenvalue weighted by atomic mass is 9.49. The fraction of sp³-hybridized carbons (Fsp3) is 0.857. The van der Waals surface area contributed by atoms with Crippen LogP contribution in [0.2, 0.25) is 0 Å². The fourth-order valence-electron chi connectivity index (χ4n) is 8.89. The summed E-state index contributed by atoms with van der Waals surface area (Å²) in [7, 11) is 1.52. The summed E-state index contributed by atoms with van der Waals surface area (Å²) in [5.41, 5.74) is -0.00687. The first-order chi connectivity index (χ1) is 16.5. The molecule has 4 fully saturated rings. The highest BCUT2D eigenvalue weighted by Crippen LogP contribution is 2.65. The molecule has 0 radical (unpaired) electrons. The Morgan fingerprint density at radius 2 is 1.83 bits per heavy atom. The minimum absolute atomic E-state index is 0.00687. The van der Waals surface area contributed by atoms with Crippen LogP contribution in [-0.2, 0) is 9.53 Å². The first-order valence-electron chi connectivity index (χ1n) is 13.6. The summed E-state index contributed by atoms with van der Waals surface area (Å²) in [6.07, 6.45) is 8.44. The maximum absolute atomic E-state index is 13.5. The van der Waals surface area contributed by atoms with E-state index in [2.05, 4.69) is 31.1 Å². The molecule has 0 heterocycles. The van der Waals surface area contributed by atoms with E-state index in [1.807, 2.05) is 0 Å². The van der Waals surface area contributed by atoms with Crippen molar-refractivity contribution in [2.45, 2.75) is 78.3 Å². The summed E-state index contributed by atoms with van der Waals surface area (Å²) in [4.78, 5) is 17.3. The number of carbonyl (C=O) groups is 1. The van der Waals surface area contributed by atoms with E-state index < -0.39 is 12.7 Å². The third kappa shape index (κ3) is 5.58. The summed E-state index contributed by atoms with van der Waals surface area (Å²) in [5, 5.41) is 2.21. The Balaban J connectivity index is 1.41. The number of ketones is 1. The number of Topliss-reactive ketones (excluding diaryl/α,β-unsaturated/α-hetero) is 1. The molecule has 4 aliphatic carbocycles. The molecule has 0 aromatic rings. The Morgan fingerprint density at radius 3 is 2.54 bits per heavy atom. The van der Waals surface area contributed by atoms with Gasteiger partial charge in [0.1, 0.15) is 13.2 Å². The number of rotatable bonds is 7. The van der Waals surface area contributed by atoms with Crippen molar-refractivity contribution in [2.75, 3.05) is 20.2 Å². The zero-order chi connectivity index (χ0) is 25.4. The zero-order valence-electron chi connectivity index (χ0n) is 21.7. The summed E-state index contributed by atoms with van der Waals surface area (Å²) in [6, 6.07) is 0. The molecule has 1 N–H and O–H groups in total. The fourth-order valence-corrected chi connectivity index (χ4v) is 8.89. The number of allylic oxidation sites excluding steroid dienone is 1. The van der Waals surface area contributed by atoms with Gasteiger partial charge >= 0.3 is 6.18 Å². The maximum atomic E-state index is 13.5. The number of aliphatic imine (C=N–C) groups is 1. The van der Waals surface area contributed by atoms with Crippen molar-refractivity contribution in [1.82, 2.24) is 5.32 Å². The molecule has 0 bridgehead atoms. The Morgan fingerprint density at radius 1 is 1.09 bits per heavy atom. The largest absolute Gasteiger partial charge is 0.483 e. The lowest BCUT2D eigenvalue weighted by Crippen LogP contribution is -2.49. The SMILES string of the molecule is CN=CC(=CNCC(F)(F)F)OCC(=O)C1C(C)CC2C3CCC4CC(C)CCC4C3CCC21C. The third-order valence-corrected chi connectivity index (χ3v) is 10.1. The number of nitrogens with one attached hydrogen (secondary N) is 1. The molecule has 9 atom stereocenters. The maximum Gasteiger partial charge on any atom is 0.405 e. The van der Waals surface area contributed by atoms with Crippen LogP contribution in [0.25, 0.3) is 0 Å². The van der Waals surface area contributed by atoms with Gasteiger partial charge < -0.3 is 10.1 Å². The molecule has 4 saturated carbocycles. The quantitative estimate of drug-likeness (QED) is 0.327. The highest BCUT2D eigenvalue weighted by Gasteiger charge is 2.60. The standard InChI is InChI=1S/C28H43F3N2O2/c1-17-5-7-21-19(11-17)6-8-23-22(21)9-10-27(3)24(23)12-18(2)26(27)25(34)15-35-20(13-32-4)14-33-16-28(29,30)31/h13-14,17-19,21-24,26,33H,5-12,15-16H2,1-4H3. The van der Waals surface area contributed by atoms with Gasteiger partial charge in [0.25, 0.3) is 0 Å². The van der Waals surface area contributed by atoms with Gasteiger partial charge in [-0.05, 0) is 91.8 Å². The van der Waals surface area contributed by atoms with Gasteiger partial charge in [-0.25, -0.2) is 0 Å². The van der Waals surface area contributed by atoms with Crippen LogP contribution in [0.1, 0.15) is 72.1 Å². The van der Waals surface area contributed by atoms with Gasteiger partial charge in [0.05, 0.1) is 6.21 Å². The minimum Gasteiger partial charge on any atom is -0.483 e. The minimum atomic E-state index is -4.32. The van der Waals surface area contributed by atoms with Crippen LogP contribution < -0.4 is 5.32 Å². The molecular formula is C28H43F3N2O2. The number of carbonyl (C=O) groups excluding carboxylic acids is 1. The molecule has 7 heteroatoms. The second-order valence-corrected chi connectivity index (χ2v) is 12.3. The van der Waals surface area contributed by atoms with Crippen molar-refractivity contribution in [3.63, 3.8) is 0 Å². The van der Waals surface area contributed by atoms with Crippen LogP contribution in [0.3, 0.4) is 0 Å². The van der Waals surface area contributed by atoms with E-state index in [0.717, 1.165) is 48.6 Å². The molecule has 0 aromatic carbocycles. The molecule has 0 spiro atoms. The number of nitrogens with zero attached hydrogens (tertiary/aromatic N) is 1. The van der Waals surface area contributed by atoms with Gasteiger partial charge in [-0.1, -0.05) is 27.2 Å². The predicted molar refractivity (Wildman–Crippen MR) is 132 cm³/mol. The normalized spacial score (nSPS) is 41.7. The van der Waals surface area contributed by atoms with E-state index in [9.17, 15) is 18.0 Å². The van der Waals surface area contributed by atoms with Gasteiger partial charge in [-0.15, -0.1) is 0 Å². The Labute approximate surface area is 208 Å². The van der Waals surface area contributed by atoms with Crippen LogP contribution >= 0.6 is 0 Å². The monoisotopic (exact) mass is 496 g/mol. The third-order valence-electron chi connectivity index (χ3n) is 10.1. The van der Waals surface area contributed by atoms with Crippen LogP contribution in [0, 0.1) is 52.8 Å². The number of alkyl halides is 3. The molecule has 0 amide bonds. The van der Waals surface area contributed by atoms with E-state index in [-0.39, 0.29) is 29.5 Å². The lowest BCUT2D eigenvalue weighted by molar-refractivity contribution is -0.135. The van der Waals surface area contributed by atoms with Crippen molar-refractivity contribution in [3.05, 3.63) is 12.0 Å². The average molecular weight is 497 g/mol. The molecule has 4 nitrogen and oxygen atoms in total. The molecule has 198 valence electrons. The highest BCUT2D eigenvalue weighted by atomic mass is 19.4. The highest BCUT2D eigenvalue weighted by molar-refractivity contribution is 5.85. The summed E-state index contributed by atoms with van der Waals surface area (Å²) in [6.45, 7) is 5.68. The molecular weight excluding hydrogens is 453 g/mol. The van der Waals surface area contributed by atoms with Crippen LogP contribution in [0.4, 0.5) is 13.2 Å². The first kappa shape index (κ1) is 26.5. The molecule has 0 saturated heterocycles. The van der Waals surface area contributed by atoms with Gasteiger partial charge in [0.15, 0.2) is 11.5 Å². The van der Waals surface area contributed by atoms with Crippen molar-refractivity contribution in [2.24, 2.45) is 57.8 Å². The van der Waals surface area contributed by atoms with Crippen molar-refractivity contribution < 1.29 is 22.7 Å². The number of halogens is 3. The molecule has 4 aliphatic rings. The number of hydrogen-bond donors (Lipinski definition) is 1. The van der Waals surface area contributed by atoms with Crippen LogP contribution in [0.15, 0.2) is 17.0 Å². The van der Waals surface area contributed by atoms with E-state index in [0.29, 0.717) is 11.8 Å². The topological polar surface area (TPSA) is 50.7 Å². The number of fused-ring (bicyclic) bond motifs is 5. The van der Waals surface area contributed by atoms with E-state index in [4.69, 9.17) is 4.74 Å². The van der Waals surface area contributed by atoms with Gasteiger partial charge in [0.2, 0.25) is 0 Å². The van der Waals surface area contributed by atoms with Crippen molar-refractivity contribution >= 4 is 12.0 Å². The smallest absolute Gasteiger partial charge is 0.405 e. The summed E-state index contributed by atoms with van der Waals surface area (Å²) < 4.78 is 43.0. The summed E-state index contributed by atoms with van der Waals surface area (Å²) >= 11 is 0. The van der Waals surface area contributed by atoms with Gasteiger partial charge in [-0.3, -0.25) is 9.79 Å². The zero-order valence-corrected chi connectivity index (χ0v) is 21.7. The molecule has 35 heavy (non-hydrogen) atoms. The number of ether oxygens (including phenoxy) is 1. The van der Waals surface area contributed by atoms with Gasteiger partial charge in [-0.2, -0.15) is 13.2 Å². The first-order valence-corrected chi connectivity index (χ1v) is 13.6. The molecule has 9 unspecified atom stereocenters. The number of hydrogen-bond acceptors (Lipinski definition) is 4. The average Bonchev–Trinajstić information content (AvgIpc) is 3.06. The second kappa shape index (κ2) is 10.5. The lowest BCUT2D eigenvalue weighted by Gasteiger charge is -2.56. The molecule has 0 aliphatic heterocycles. The summed E-state index contributed by atoms with van der Waals surface area (Å²) in [5.74, 6) is 5.28. The molecule has 0 aromatic heterocycles. The Kier molecular flexibility index (Phi) is 7.92. The Bertz CT molecular complexity index is 826. The van der Waals surface area contributed by atoms with Crippen LogP contribution in [0.5, 0.6) is 0 Å². The van der Waals surface area contributed by atoms with E-state index >= 15 is 0 Å². The van der Waals surface area contributed by atoms with Gasteiger partial charge in [0, 0.05) is 19.2 Å². The van der Waals surface area contributed by atoms with E-state index in [1.165, 1.54) is 51.8 Å². The second-order valence-electron chi connectivity index (χ2n) is 12.3. The predicted octanol–water partition coefficient (Wildman–Crippen LogP) is 6.42. The van der Waals surface area contributed by atoms with E-state index in [1.54, 1.807) is 0 Å². The molecule has 4 rings (SSSR count). The van der Waals surface area contributed by atoms with Crippen molar-refractivity contribution in [1.29, 1.82) is 0 Å².